The molecule has 148 valence electrons. The Morgan fingerprint density at radius 3 is 2.70 bits per heavy atom. The van der Waals surface area contributed by atoms with Crippen LogP contribution >= 0.6 is 0 Å². The van der Waals surface area contributed by atoms with Crippen molar-refractivity contribution in [3.8, 4) is 11.5 Å². The van der Waals surface area contributed by atoms with Crippen LogP contribution in [0.15, 0.2) is 21.3 Å². The lowest BCUT2D eigenvalue weighted by Gasteiger charge is -2.33. The predicted molar refractivity (Wildman–Crippen MR) is 86.5 cm³/mol. The first-order chi connectivity index (χ1) is 12.7. The number of aromatic nitrogens is 2. The van der Waals surface area contributed by atoms with Crippen LogP contribution in [-0.4, -0.2) is 35.5 Å². The van der Waals surface area contributed by atoms with Crippen molar-refractivity contribution >= 4 is 5.69 Å². The summed E-state index contributed by atoms with van der Waals surface area (Å²) in [6.07, 6.45) is -5.79. The fraction of sp³-hybridized carbons (Fsp3) is 0.500. The summed E-state index contributed by atoms with van der Waals surface area (Å²) >= 11 is 0. The van der Waals surface area contributed by atoms with E-state index in [1.165, 1.54) is 0 Å². The van der Waals surface area contributed by atoms with Gasteiger partial charge in [-0.05, 0) is 32.0 Å². The number of nitrogens with one attached hydrogen (secondary N) is 3. The summed E-state index contributed by atoms with van der Waals surface area (Å²) in [5.74, 6) is -3.37. The summed E-state index contributed by atoms with van der Waals surface area (Å²) in [5.41, 5.74) is -2.22. The fourth-order valence-electron chi connectivity index (χ4n) is 3.24. The molecule has 2 heterocycles. The van der Waals surface area contributed by atoms with Crippen LogP contribution in [0.25, 0.3) is 11.5 Å². The van der Waals surface area contributed by atoms with Crippen molar-refractivity contribution < 1.29 is 26.4 Å². The first-order valence-corrected chi connectivity index (χ1v) is 8.24. The van der Waals surface area contributed by atoms with Gasteiger partial charge in [-0.1, -0.05) is 0 Å². The zero-order valence-corrected chi connectivity index (χ0v) is 14.2. The van der Waals surface area contributed by atoms with Gasteiger partial charge in [0.05, 0.1) is 5.69 Å². The molecule has 3 rings (SSSR count). The summed E-state index contributed by atoms with van der Waals surface area (Å²) in [7, 11) is 0. The Labute approximate surface area is 150 Å². The first-order valence-electron chi connectivity index (χ1n) is 8.24. The molecule has 1 aliphatic heterocycles. The van der Waals surface area contributed by atoms with Crippen molar-refractivity contribution in [3.63, 3.8) is 0 Å². The Kier molecular flexibility index (Phi) is 5.22. The van der Waals surface area contributed by atoms with Crippen LogP contribution in [0, 0.1) is 11.7 Å². The average Bonchev–Trinajstić information content (AvgIpc) is 3.00. The van der Waals surface area contributed by atoms with Crippen LogP contribution in [0.4, 0.5) is 27.6 Å². The monoisotopic (exact) mass is 392 g/mol. The number of alkyl halides is 4. The number of hydrogen-bond acceptors (Lipinski definition) is 5. The molecule has 3 atom stereocenters. The smallest absolute Gasteiger partial charge is 0.388 e. The van der Waals surface area contributed by atoms with E-state index < -0.39 is 47.1 Å². The Balaban J connectivity index is 2.00. The molecule has 1 aliphatic rings. The van der Waals surface area contributed by atoms with Gasteiger partial charge in [-0.15, -0.1) is 5.10 Å². The van der Waals surface area contributed by atoms with Gasteiger partial charge < -0.3 is 15.1 Å². The second-order valence-corrected chi connectivity index (χ2v) is 6.40. The van der Waals surface area contributed by atoms with Gasteiger partial charge in [0.1, 0.15) is 17.6 Å². The topological polar surface area (TPSA) is 83.0 Å². The number of hydrogen-bond donors (Lipinski definition) is 3. The van der Waals surface area contributed by atoms with Gasteiger partial charge >= 0.3 is 11.9 Å². The Bertz CT molecular complexity index is 863. The minimum absolute atomic E-state index is 0.107. The lowest BCUT2D eigenvalue weighted by Crippen LogP contribution is -2.44. The van der Waals surface area contributed by atoms with Gasteiger partial charge in [0, 0.05) is 24.1 Å². The maximum absolute atomic E-state index is 14.3. The van der Waals surface area contributed by atoms with E-state index in [4.69, 9.17) is 0 Å². The molecule has 0 aliphatic carbocycles. The number of halogens is 5. The van der Waals surface area contributed by atoms with Crippen molar-refractivity contribution in [2.75, 3.05) is 18.4 Å². The van der Waals surface area contributed by atoms with Crippen LogP contribution < -0.4 is 16.4 Å². The fourth-order valence-corrected chi connectivity index (χ4v) is 3.24. The van der Waals surface area contributed by atoms with Gasteiger partial charge in [-0.25, -0.2) is 18.7 Å². The highest BCUT2D eigenvalue weighted by atomic mass is 19.4. The largest absolute Gasteiger partial charge is 0.434 e. The second-order valence-electron chi connectivity index (χ2n) is 6.40. The molecule has 3 N–H and O–H groups in total. The van der Waals surface area contributed by atoms with Crippen molar-refractivity contribution in [1.29, 1.82) is 0 Å². The third kappa shape index (κ3) is 4.12. The van der Waals surface area contributed by atoms with Gasteiger partial charge in [-0.2, -0.15) is 13.2 Å². The number of nitrogens with zero attached hydrogens (tertiary/aromatic N) is 1. The molecule has 11 heteroatoms. The summed E-state index contributed by atoms with van der Waals surface area (Å²) < 4.78 is 73.1. The van der Waals surface area contributed by atoms with Crippen LogP contribution in [0.2, 0.25) is 0 Å². The quantitative estimate of drug-likeness (QED) is 0.697. The Morgan fingerprint density at radius 1 is 1.37 bits per heavy atom. The number of aromatic amines is 1. The summed E-state index contributed by atoms with van der Waals surface area (Å²) in [5, 5.41) is 10.9. The SMILES string of the molecule is C[C@H](Nc1cc(-c2n[nH]c(=O)o2)cc(F)c1C(F)(F)F)[C@H]1CCNC[C@H]1F. The molecule has 0 radical (unpaired) electrons. The first kappa shape index (κ1) is 19.3. The highest BCUT2D eigenvalue weighted by molar-refractivity contribution is 5.66. The maximum Gasteiger partial charge on any atom is 0.434 e. The van der Waals surface area contributed by atoms with Gasteiger partial charge in [0.2, 0.25) is 5.89 Å². The number of anilines is 1. The zero-order valence-electron chi connectivity index (χ0n) is 14.2. The molecular formula is C16H17F5N4O2. The molecule has 1 saturated heterocycles. The highest BCUT2D eigenvalue weighted by Crippen LogP contribution is 2.40. The van der Waals surface area contributed by atoms with E-state index in [0.29, 0.717) is 19.0 Å². The molecule has 0 amide bonds. The second kappa shape index (κ2) is 7.29. The molecule has 27 heavy (non-hydrogen) atoms. The standard InChI is InChI=1S/C16H17F5N4O2/c1-7(9-2-3-22-6-11(9)18)23-12-5-8(14-24-25-15(26)27-14)4-10(17)13(12)16(19,20)21/h4-5,7,9,11,22-23H,2-3,6H2,1H3,(H,25,26)/t7-,9+,11+/m0/s1. The van der Waals surface area contributed by atoms with Crippen molar-refractivity contribution in [1.82, 2.24) is 15.5 Å². The molecule has 0 unspecified atom stereocenters. The van der Waals surface area contributed by atoms with E-state index in [0.717, 1.165) is 6.07 Å². The Morgan fingerprint density at radius 2 is 2.11 bits per heavy atom. The summed E-state index contributed by atoms with van der Waals surface area (Å²) in [6.45, 7) is 2.19. The maximum atomic E-state index is 14.3. The van der Waals surface area contributed by atoms with E-state index in [-0.39, 0.29) is 18.0 Å². The van der Waals surface area contributed by atoms with Gasteiger partial charge in [-0.3, -0.25) is 0 Å². The number of piperidine rings is 1. The molecule has 1 aromatic carbocycles. The molecule has 1 aromatic heterocycles. The molecule has 6 nitrogen and oxygen atoms in total. The molecular weight excluding hydrogens is 375 g/mol. The summed E-state index contributed by atoms with van der Waals surface area (Å²) in [6, 6.07) is 0.875. The van der Waals surface area contributed by atoms with E-state index in [2.05, 4.69) is 20.1 Å². The van der Waals surface area contributed by atoms with Crippen LogP contribution in [-0.2, 0) is 6.18 Å². The minimum Gasteiger partial charge on any atom is -0.388 e. The van der Waals surface area contributed by atoms with Crippen LogP contribution in [0.5, 0.6) is 0 Å². The zero-order chi connectivity index (χ0) is 19.8. The number of H-pyrrole nitrogens is 1. The lowest BCUT2D eigenvalue weighted by atomic mass is 9.89. The number of benzene rings is 1. The molecule has 1 fully saturated rings. The molecule has 0 spiro atoms. The average molecular weight is 392 g/mol. The third-order valence-corrected chi connectivity index (χ3v) is 4.54. The van der Waals surface area contributed by atoms with Gasteiger partial charge in [0.25, 0.3) is 0 Å². The van der Waals surface area contributed by atoms with E-state index in [9.17, 15) is 26.7 Å². The van der Waals surface area contributed by atoms with Gasteiger partial charge in [0.15, 0.2) is 0 Å². The minimum atomic E-state index is -4.97. The van der Waals surface area contributed by atoms with E-state index in [1.807, 2.05) is 5.10 Å². The van der Waals surface area contributed by atoms with Crippen LogP contribution in [0.1, 0.15) is 18.9 Å². The Hall–Kier alpha value is -2.43. The highest BCUT2D eigenvalue weighted by Gasteiger charge is 2.39. The molecule has 0 bridgehead atoms. The normalized spacial score (nSPS) is 21.9. The third-order valence-electron chi connectivity index (χ3n) is 4.54. The predicted octanol–water partition coefficient (Wildman–Crippen LogP) is 2.94. The molecule has 0 saturated carbocycles. The lowest BCUT2D eigenvalue weighted by molar-refractivity contribution is -0.139. The number of rotatable bonds is 4. The van der Waals surface area contributed by atoms with Crippen molar-refractivity contribution in [3.05, 3.63) is 34.1 Å². The van der Waals surface area contributed by atoms with E-state index in [1.54, 1.807) is 6.92 Å². The van der Waals surface area contributed by atoms with Crippen molar-refractivity contribution in [2.45, 2.75) is 31.7 Å². The van der Waals surface area contributed by atoms with Crippen LogP contribution in [0.3, 0.4) is 0 Å². The van der Waals surface area contributed by atoms with E-state index >= 15 is 0 Å². The molecule has 2 aromatic rings. The van der Waals surface area contributed by atoms with Crippen molar-refractivity contribution in [2.24, 2.45) is 5.92 Å². The summed E-state index contributed by atoms with van der Waals surface area (Å²) in [4.78, 5) is 11.1.